The summed E-state index contributed by atoms with van der Waals surface area (Å²) in [6.07, 6.45) is 0.285. The number of para-hydroxylation sites is 1. The Morgan fingerprint density at radius 1 is 1.25 bits per heavy atom. The smallest absolute Gasteiger partial charge is 0.311 e. The molecule has 0 aliphatic heterocycles. The van der Waals surface area contributed by atoms with Crippen LogP contribution in [0.15, 0.2) is 24.3 Å². The van der Waals surface area contributed by atoms with Crippen molar-refractivity contribution in [2.24, 2.45) is 0 Å². The Balaban J connectivity index is 2.40. The van der Waals surface area contributed by atoms with Gasteiger partial charge in [0.15, 0.2) is 0 Å². The van der Waals surface area contributed by atoms with Crippen molar-refractivity contribution in [2.75, 3.05) is 0 Å². The van der Waals surface area contributed by atoms with Crippen LogP contribution in [0.2, 0.25) is 5.02 Å². The molecule has 0 atom stereocenters. The lowest BCUT2D eigenvalue weighted by Gasteiger charge is -2.04. The van der Waals surface area contributed by atoms with Gasteiger partial charge in [0.25, 0.3) is 0 Å². The third-order valence-electron chi connectivity index (χ3n) is 1.83. The number of aliphatic carboxylic acids is 1. The Hall–Kier alpha value is -1.55. The molecule has 0 saturated heterocycles. The van der Waals surface area contributed by atoms with Crippen molar-refractivity contribution in [3.05, 3.63) is 29.3 Å². The predicted molar refractivity (Wildman–Crippen MR) is 58.6 cm³/mol. The van der Waals surface area contributed by atoms with Crippen molar-refractivity contribution in [1.29, 1.82) is 0 Å². The standard InChI is InChI=1S/C11H11ClO4/c12-8-4-1-2-5-9(8)16-11(15)7-3-6-10(13)14/h1-2,4-5H,3,6-7H2,(H,13,14). The van der Waals surface area contributed by atoms with Crippen LogP contribution in [0.4, 0.5) is 0 Å². The van der Waals surface area contributed by atoms with E-state index in [1.807, 2.05) is 0 Å². The van der Waals surface area contributed by atoms with Crippen LogP contribution in [0.1, 0.15) is 19.3 Å². The normalized spacial score (nSPS) is 9.81. The van der Waals surface area contributed by atoms with Gasteiger partial charge in [-0.1, -0.05) is 23.7 Å². The molecule has 0 radical (unpaired) electrons. The molecule has 0 aromatic heterocycles. The summed E-state index contributed by atoms with van der Waals surface area (Å²) in [4.78, 5) is 21.5. The van der Waals surface area contributed by atoms with Crippen LogP contribution in [-0.2, 0) is 9.59 Å². The monoisotopic (exact) mass is 242 g/mol. The fraction of sp³-hybridized carbons (Fsp3) is 0.273. The molecule has 5 heteroatoms. The number of benzene rings is 1. The van der Waals surface area contributed by atoms with E-state index in [1.165, 1.54) is 0 Å². The highest BCUT2D eigenvalue weighted by Gasteiger charge is 2.08. The van der Waals surface area contributed by atoms with Gasteiger partial charge in [0.2, 0.25) is 0 Å². The average Bonchev–Trinajstić information content (AvgIpc) is 2.21. The molecule has 0 spiro atoms. The van der Waals surface area contributed by atoms with Crippen LogP contribution in [0.3, 0.4) is 0 Å². The number of carboxylic acid groups (broad SMARTS) is 1. The third-order valence-corrected chi connectivity index (χ3v) is 2.14. The average molecular weight is 243 g/mol. The van der Waals surface area contributed by atoms with Gasteiger partial charge in [-0.3, -0.25) is 9.59 Å². The maximum atomic E-state index is 11.3. The van der Waals surface area contributed by atoms with Gasteiger partial charge >= 0.3 is 11.9 Å². The second-order valence-electron chi connectivity index (χ2n) is 3.15. The van der Waals surface area contributed by atoms with Crippen molar-refractivity contribution in [1.82, 2.24) is 0 Å². The van der Waals surface area contributed by atoms with Crippen LogP contribution in [0.5, 0.6) is 5.75 Å². The summed E-state index contributed by atoms with van der Waals surface area (Å²) >= 11 is 5.78. The molecular formula is C11H11ClO4. The summed E-state index contributed by atoms with van der Waals surface area (Å²) in [7, 11) is 0. The number of esters is 1. The first-order valence-corrected chi connectivity index (χ1v) is 5.14. The number of hydrogen-bond donors (Lipinski definition) is 1. The molecule has 1 aromatic carbocycles. The number of ether oxygens (including phenoxy) is 1. The predicted octanol–water partition coefficient (Wildman–Crippen LogP) is 2.50. The number of carbonyl (C=O) groups is 2. The Kier molecular flexibility index (Phi) is 4.79. The van der Waals surface area contributed by atoms with Gasteiger partial charge in [0.05, 0.1) is 5.02 Å². The molecule has 1 aromatic rings. The Morgan fingerprint density at radius 2 is 1.94 bits per heavy atom. The summed E-state index contributed by atoms with van der Waals surface area (Å²) in [5.41, 5.74) is 0. The third kappa shape index (κ3) is 4.31. The molecule has 0 bridgehead atoms. The number of carboxylic acids is 1. The largest absolute Gasteiger partial charge is 0.481 e. The molecule has 86 valence electrons. The van der Waals surface area contributed by atoms with E-state index in [-0.39, 0.29) is 19.3 Å². The molecule has 4 nitrogen and oxygen atoms in total. The fourth-order valence-corrected chi connectivity index (χ4v) is 1.26. The SMILES string of the molecule is O=C(O)CCCC(=O)Oc1ccccc1Cl. The molecule has 0 aliphatic carbocycles. The Labute approximate surface area is 97.8 Å². The molecule has 0 aliphatic rings. The first-order valence-electron chi connectivity index (χ1n) is 4.76. The Morgan fingerprint density at radius 3 is 2.56 bits per heavy atom. The minimum Gasteiger partial charge on any atom is -0.481 e. The van der Waals surface area contributed by atoms with Gasteiger partial charge in [-0.15, -0.1) is 0 Å². The summed E-state index contributed by atoms with van der Waals surface area (Å²) in [5, 5.41) is 8.74. The lowest BCUT2D eigenvalue weighted by molar-refractivity contribution is -0.137. The first kappa shape index (κ1) is 12.5. The van der Waals surface area contributed by atoms with Gasteiger partial charge in [0.1, 0.15) is 5.75 Å². The van der Waals surface area contributed by atoms with E-state index in [0.717, 1.165) is 0 Å². The molecule has 0 saturated carbocycles. The van der Waals surface area contributed by atoms with Crippen LogP contribution < -0.4 is 4.74 Å². The van der Waals surface area contributed by atoms with E-state index in [4.69, 9.17) is 21.4 Å². The second-order valence-corrected chi connectivity index (χ2v) is 3.56. The first-order chi connectivity index (χ1) is 7.59. The molecule has 0 amide bonds. The Bertz CT molecular complexity index is 389. The van der Waals surface area contributed by atoms with Crippen molar-refractivity contribution < 1.29 is 19.4 Å². The number of carbonyl (C=O) groups excluding carboxylic acids is 1. The molecular weight excluding hydrogens is 232 g/mol. The van der Waals surface area contributed by atoms with E-state index >= 15 is 0 Å². The number of halogens is 1. The van der Waals surface area contributed by atoms with Crippen molar-refractivity contribution in [3.8, 4) is 5.75 Å². The fourth-order valence-electron chi connectivity index (χ4n) is 1.09. The highest BCUT2D eigenvalue weighted by Crippen LogP contribution is 2.23. The minimum atomic E-state index is -0.925. The minimum absolute atomic E-state index is 0.0440. The van der Waals surface area contributed by atoms with E-state index < -0.39 is 11.9 Å². The summed E-state index contributed by atoms with van der Waals surface area (Å²) in [5.74, 6) is -1.11. The zero-order chi connectivity index (χ0) is 12.0. The molecule has 0 fully saturated rings. The van der Waals surface area contributed by atoms with E-state index in [0.29, 0.717) is 10.8 Å². The van der Waals surface area contributed by atoms with Crippen LogP contribution >= 0.6 is 11.6 Å². The highest BCUT2D eigenvalue weighted by molar-refractivity contribution is 6.32. The zero-order valence-electron chi connectivity index (χ0n) is 8.48. The highest BCUT2D eigenvalue weighted by atomic mass is 35.5. The van der Waals surface area contributed by atoms with Gasteiger partial charge < -0.3 is 9.84 Å². The summed E-state index contributed by atoms with van der Waals surface area (Å²) in [6.45, 7) is 0. The van der Waals surface area contributed by atoms with Crippen LogP contribution in [-0.4, -0.2) is 17.0 Å². The maximum absolute atomic E-state index is 11.3. The molecule has 0 unspecified atom stereocenters. The second kappa shape index (κ2) is 6.12. The van der Waals surface area contributed by atoms with E-state index in [2.05, 4.69) is 0 Å². The molecule has 1 N–H and O–H groups in total. The quantitative estimate of drug-likeness (QED) is 0.637. The summed E-state index contributed by atoms with van der Waals surface area (Å²) in [6, 6.07) is 6.62. The number of hydrogen-bond acceptors (Lipinski definition) is 3. The topological polar surface area (TPSA) is 63.6 Å². The van der Waals surface area contributed by atoms with Gasteiger partial charge in [-0.2, -0.15) is 0 Å². The number of rotatable bonds is 5. The molecule has 1 rings (SSSR count). The lowest BCUT2D eigenvalue weighted by Crippen LogP contribution is -2.08. The zero-order valence-corrected chi connectivity index (χ0v) is 9.24. The van der Waals surface area contributed by atoms with Gasteiger partial charge in [0, 0.05) is 12.8 Å². The van der Waals surface area contributed by atoms with Crippen molar-refractivity contribution >= 4 is 23.5 Å². The van der Waals surface area contributed by atoms with Gasteiger partial charge in [-0.05, 0) is 18.6 Å². The van der Waals surface area contributed by atoms with E-state index in [1.54, 1.807) is 24.3 Å². The van der Waals surface area contributed by atoms with Gasteiger partial charge in [-0.25, -0.2) is 0 Å². The lowest BCUT2D eigenvalue weighted by atomic mass is 10.2. The summed E-state index contributed by atoms with van der Waals surface area (Å²) < 4.78 is 4.96. The van der Waals surface area contributed by atoms with Crippen molar-refractivity contribution in [3.63, 3.8) is 0 Å². The van der Waals surface area contributed by atoms with Crippen LogP contribution in [0.25, 0.3) is 0 Å². The molecule has 16 heavy (non-hydrogen) atoms. The van der Waals surface area contributed by atoms with Crippen molar-refractivity contribution in [2.45, 2.75) is 19.3 Å². The maximum Gasteiger partial charge on any atom is 0.311 e. The van der Waals surface area contributed by atoms with Crippen LogP contribution in [0, 0.1) is 0 Å². The molecule has 0 heterocycles. The van der Waals surface area contributed by atoms with E-state index in [9.17, 15) is 9.59 Å².